The zero-order valence-electron chi connectivity index (χ0n) is 14.2. The highest BCUT2D eigenvalue weighted by molar-refractivity contribution is 6.05. The van der Waals surface area contributed by atoms with Crippen molar-refractivity contribution >= 4 is 28.5 Å². The summed E-state index contributed by atoms with van der Waals surface area (Å²) in [6, 6.07) is 2.74. The van der Waals surface area contributed by atoms with E-state index in [2.05, 4.69) is 15.6 Å². The van der Waals surface area contributed by atoms with Crippen LogP contribution in [-0.4, -0.2) is 54.7 Å². The molecule has 3 aliphatic rings. The van der Waals surface area contributed by atoms with Gasteiger partial charge in [0.05, 0.1) is 18.5 Å². The van der Waals surface area contributed by atoms with Crippen molar-refractivity contribution in [3.63, 3.8) is 0 Å². The topological polar surface area (TPSA) is 96.7 Å². The van der Waals surface area contributed by atoms with Gasteiger partial charge in [-0.3, -0.25) is 9.59 Å². The number of nitrogens with zero attached hydrogens (tertiary/aromatic N) is 2. The number of amides is 2. The first kappa shape index (κ1) is 15.8. The fraction of sp³-hybridized carbons (Fsp3) is 0.500. The molecule has 8 nitrogen and oxygen atoms in total. The van der Waals surface area contributed by atoms with Gasteiger partial charge >= 0.3 is 0 Å². The molecular weight excluding hydrogens is 336 g/mol. The molecule has 0 radical (unpaired) electrons. The number of rotatable bonds is 3. The number of pyridine rings is 1. The lowest BCUT2D eigenvalue weighted by atomic mass is 9.95. The van der Waals surface area contributed by atoms with E-state index in [1.807, 2.05) is 0 Å². The first-order valence-corrected chi connectivity index (χ1v) is 9.01. The van der Waals surface area contributed by atoms with Crippen LogP contribution in [-0.2, 0) is 9.53 Å². The van der Waals surface area contributed by atoms with Crippen LogP contribution in [0, 0.1) is 0 Å². The highest BCUT2D eigenvalue weighted by atomic mass is 16.5. The van der Waals surface area contributed by atoms with Crippen molar-refractivity contribution in [1.29, 1.82) is 0 Å². The molecule has 2 N–H and O–H groups in total. The number of aromatic nitrogens is 1. The lowest BCUT2D eigenvalue weighted by molar-refractivity contribution is -0.125. The molecule has 0 aromatic carbocycles. The summed E-state index contributed by atoms with van der Waals surface area (Å²) in [7, 11) is 0. The summed E-state index contributed by atoms with van der Waals surface area (Å²) < 4.78 is 10.7. The van der Waals surface area contributed by atoms with Gasteiger partial charge in [-0.1, -0.05) is 0 Å². The molecule has 2 aromatic rings. The molecular formula is C18H20N4O4. The van der Waals surface area contributed by atoms with Gasteiger partial charge in [0.15, 0.2) is 5.58 Å². The molecule has 5 heterocycles. The Morgan fingerprint density at radius 1 is 1.38 bits per heavy atom. The Morgan fingerprint density at radius 3 is 3.08 bits per heavy atom. The summed E-state index contributed by atoms with van der Waals surface area (Å²) in [4.78, 5) is 30.6. The van der Waals surface area contributed by atoms with Gasteiger partial charge in [-0.25, -0.2) is 4.98 Å². The third kappa shape index (κ3) is 2.57. The lowest BCUT2D eigenvalue weighted by Gasteiger charge is -2.25. The molecule has 136 valence electrons. The Kier molecular flexibility index (Phi) is 3.68. The van der Waals surface area contributed by atoms with Gasteiger partial charge in [0.25, 0.3) is 11.8 Å². The van der Waals surface area contributed by atoms with Crippen LogP contribution in [0.4, 0.5) is 5.69 Å². The normalized spacial score (nSPS) is 28.1. The minimum absolute atomic E-state index is 0.0579. The van der Waals surface area contributed by atoms with E-state index in [1.165, 1.54) is 18.9 Å². The lowest BCUT2D eigenvalue weighted by Crippen LogP contribution is -2.43. The number of hydrogen-bond acceptors (Lipinski definition) is 6. The van der Waals surface area contributed by atoms with E-state index in [4.69, 9.17) is 9.15 Å². The van der Waals surface area contributed by atoms with Gasteiger partial charge in [-0.15, -0.1) is 0 Å². The molecule has 0 unspecified atom stereocenters. The Balaban J connectivity index is 1.41. The predicted octanol–water partition coefficient (Wildman–Crippen LogP) is 0.814. The first-order chi connectivity index (χ1) is 12.7. The number of carbonyl (C=O) groups excluding carboxylic acids is 2. The van der Waals surface area contributed by atoms with Gasteiger partial charge in [0.1, 0.15) is 18.6 Å². The molecule has 0 aliphatic carbocycles. The predicted molar refractivity (Wildman–Crippen MR) is 93.0 cm³/mol. The van der Waals surface area contributed by atoms with Crippen molar-refractivity contribution < 1.29 is 18.7 Å². The van der Waals surface area contributed by atoms with Gasteiger partial charge in [0, 0.05) is 30.1 Å². The molecule has 3 saturated heterocycles. The smallest absolute Gasteiger partial charge is 0.270 e. The Morgan fingerprint density at radius 2 is 2.31 bits per heavy atom. The van der Waals surface area contributed by atoms with Crippen LogP contribution in [0.2, 0.25) is 0 Å². The average Bonchev–Trinajstić information content (AvgIpc) is 3.37. The third-order valence-electron chi connectivity index (χ3n) is 5.57. The second-order valence-electron chi connectivity index (χ2n) is 7.15. The van der Waals surface area contributed by atoms with Crippen LogP contribution in [0.25, 0.3) is 11.0 Å². The number of furan rings is 1. The number of fused-ring (bicyclic) bond motifs is 3. The van der Waals surface area contributed by atoms with Crippen LogP contribution in [0.1, 0.15) is 29.8 Å². The Labute approximate surface area is 149 Å². The molecule has 2 bridgehead atoms. The Hall–Kier alpha value is -2.45. The van der Waals surface area contributed by atoms with E-state index in [-0.39, 0.29) is 24.5 Å². The summed E-state index contributed by atoms with van der Waals surface area (Å²) in [5, 5.41) is 7.32. The molecule has 2 aromatic heterocycles. The largest absolute Gasteiger partial charge is 0.460 e. The van der Waals surface area contributed by atoms with Gasteiger partial charge in [-0.2, -0.15) is 0 Å². The number of carbonyl (C=O) groups is 2. The summed E-state index contributed by atoms with van der Waals surface area (Å²) in [6.07, 6.45) is 6.34. The molecule has 0 saturated carbocycles. The average molecular weight is 356 g/mol. The van der Waals surface area contributed by atoms with Crippen LogP contribution < -0.4 is 15.5 Å². The van der Waals surface area contributed by atoms with Crippen molar-refractivity contribution in [2.75, 3.05) is 24.7 Å². The highest BCUT2D eigenvalue weighted by Crippen LogP contribution is 2.31. The maximum absolute atomic E-state index is 12.7. The van der Waals surface area contributed by atoms with Crippen molar-refractivity contribution in [1.82, 2.24) is 15.6 Å². The van der Waals surface area contributed by atoms with Crippen molar-refractivity contribution in [3.8, 4) is 0 Å². The summed E-state index contributed by atoms with van der Waals surface area (Å²) in [5.41, 5.74) is 1.55. The second kappa shape index (κ2) is 6.07. The van der Waals surface area contributed by atoms with Crippen LogP contribution in [0.3, 0.4) is 0 Å². The number of ether oxygens (including phenoxy) is 1. The third-order valence-corrected chi connectivity index (χ3v) is 5.57. The second-order valence-corrected chi connectivity index (χ2v) is 7.15. The van der Waals surface area contributed by atoms with E-state index >= 15 is 0 Å². The number of morpholine rings is 1. The molecule has 3 aliphatic heterocycles. The van der Waals surface area contributed by atoms with Crippen LogP contribution in [0.15, 0.2) is 22.9 Å². The fourth-order valence-electron chi connectivity index (χ4n) is 4.25. The van der Waals surface area contributed by atoms with E-state index in [0.29, 0.717) is 47.6 Å². The molecule has 8 heteroatoms. The van der Waals surface area contributed by atoms with Crippen LogP contribution in [0.5, 0.6) is 0 Å². The van der Waals surface area contributed by atoms with Crippen molar-refractivity contribution in [2.45, 2.75) is 37.4 Å². The van der Waals surface area contributed by atoms with E-state index in [0.717, 1.165) is 12.8 Å². The number of anilines is 1. The molecule has 2 amide bonds. The zero-order valence-corrected chi connectivity index (χ0v) is 14.2. The zero-order chi connectivity index (χ0) is 17.7. The van der Waals surface area contributed by atoms with E-state index in [9.17, 15) is 9.59 Å². The molecule has 3 fully saturated rings. The fourth-order valence-corrected chi connectivity index (χ4v) is 4.25. The SMILES string of the molecule is O=C(N[C@@H]1C[C@H]2CC[C@@H]1N2)c1cc2c(N3CCOCC3=O)coc2cn1. The first-order valence-electron chi connectivity index (χ1n) is 9.01. The summed E-state index contributed by atoms with van der Waals surface area (Å²) >= 11 is 0. The van der Waals surface area contributed by atoms with Crippen molar-refractivity contribution in [2.24, 2.45) is 0 Å². The minimum Gasteiger partial charge on any atom is -0.460 e. The van der Waals surface area contributed by atoms with Gasteiger partial charge in [-0.05, 0) is 25.3 Å². The number of nitrogens with one attached hydrogen (secondary N) is 2. The molecule has 3 atom stereocenters. The van der Waals surface area contributed by atoms with Crippen molar-refractivity contribution in [3.05, 3.63) is 24.2 Å². The molecule has 26 heavy (non-hydrogen) atoms. The summed E-state index contributed by atoms with van der Waals surface area (Å²) in [6.45, 7) is 1.00. The monoisotopic (exact) mass is 356 g/mol. The van der Waals surface area contributed by atoms with E-state index < -0.39 is 0 Å². The minimum atomic E-state index is -0.188. The maximum Gasteiger partial charge on any atom is 0.270 e. The quantitative estimate of drug-likeness (QED) is 0.845. The van der Waals surface area contributed by atoms with Gasteiger partial charge in [0.2, 0.25) is 0 Å². The number of hydrogen-bond donors (Lipinski definition) is 2. The highest BCUT2D eigenvalue weighted by Gasteiger charge is 2.39. The van der Waals surface area contributed by atoms with E-state index in [1.54, 1.807) is 11.0 Å². The summed E-state index contributed by atoms with van der Waals surface area (Å²) in [5.74, 6) is -0.304. The standard InChI is InChI=1S/C18H20N4O4/c23-17-9-25-4-3-22(17)15-8-26-16-7-19-14(6-11(15)16)18(24)21-13-5-10-1-2-12(13)20-10/h6-8,10,12-13,20H,1-5,9H2,(H,21,24)/t10-,12+,13-/m1/s1. The maximum atomic E-state index is 12.7. The molecule has 5 rings (SSSR count). The van der Waals surface area contributed by atoms with Gasteiger partial charge < -0.3 is 24.7 Å². The molecule has 0 spiro atoms. The Bertz CT molecular complexity index is 879. The van der Waals surface area contributed by atoms with Crippen LogP contribution >= 0.6 is 0 Å².